The summed E-state index contributed by atoms with van der Waals surface area (Å²) < 4.78 is 5.86. The van der Waals surface area contributed by atoms with Crippen LogP contribution in [0.1, 0.15) is 78.4 Å². The van der Waals surface area contributed by atoms with E-state index in [4.69, 9.17) is 17.0 Å². The van der Waals surface area contributed by atoms with Crippen molar-refractivity contribution in [3.8, 4) is 11.5 Å². The summed E-state index contributed by atoms with van der Waals surface area (Å²) in [5, 5.41) is 11.1. The molecule has 0 saturated carbocycles. The Morgan fingerprint density at radius 2 is 1.48 bits per heavy atom. The van der Waals surface area contributed by atoms with Crippen molar-refractivity contribution >= 4 is 35.0 Å². The first-order valence-corrected chi connectivity index (χ1v) is 9.48. The molecule has 0 saturated heterocycles. The number of thiol groups is 1. The summed E-state index contributed by atoms with van der Waals surface area (Å²) in [6, 6.07) is 3.74. The summed E-state index contributed by atoms with van der Waals surface area (Å²) in [6.45, 7) is 12.4. The SMILES string of the molecule is CC(C)(C)c1cc(OC(=S)CCCCC(=O)S)cc(C(C)(C)C)c1O. The van der Waals surface area contributed by atoms with Crippen LogP contribution in [0.2, 0.25) is 0 Å². The summed E-state index contributed by atoms with van der Waals surface area (Å²) in [5.74, 6) is 0.980. The standard InChI is InChI=1S/C20H30O3S2/c1-19(2,3)14-11-13(12-15(18(14)22)20(4,5)6)23-17(25)10-8-7-9-16(21)24/h11-12,22H,7-10H2,1-6H3,(H,21,24). The van der Waals surface area contributed by atoms with Crippen LogP contribution in [0.15, 0.2) is 12.1 Å². The Morgan fingerprint density at radius 3 is 1.88 bits per heavy atom. The van der Waals surface area contributed by atoms with Crippen molar-refractivity contribution < 1.29 is 14.6 Å². The smallest absolute Gasteiger partial charge is 0.185 e. The number of ether oxygens (including phenoxy) is 1. The second-order valence-electron chi connectivity index (χ2n) is 8.44. The molecule has 0 amide bonds. The highest BCUT2D eigenvalue weighted by Crippen LogP contribution is 2.41. The molecule has 1 N–H and O–H groups in total. The Morgan fingerprint density at radius 1 is 1.04 bits per heavy atom. The van der Waals surface area contributed by atoms with Crippen molar-refractivity contribution in [2.45, 2.75) is 78.1 Å². The van der Waals surface area contributed by atoms with Crippen LogP contribution in [-0.2, 0) is 15.6 Å². The van der Waals surface area contributed by atoms with Gasteiger partial charge in [0.15, 0.2) is 10.2 Å². The molecule has 140 valence electrons. The van der Waals surface area contributed by atoms with Crippen LogP contribution in [0, 0.1) is 0 Å². The average Bonchev–Trinajstić information content (AvgIpc) is 2.42. The average molecular weight is 383 g/mol. The molecule has 0 bridgehead atoms. The molecular weight excluding hydrogens is 352 g/mol. The number of rotatable bonds is 6. The van der Waals surface area contributed by atoms with Gasteiger partial charge in [-0.3, -0.25) is 4.79 Å². The molecule has 0 spiro atoms. The first-order chi connectivity index (χ1) is 11.3. The van der Waals surface area contributed by atoms with Gasteiger partial charge in [0.2, 0.25) is 0 Å². The van der Waals surface area contributed by atoms with E-state index in [-0.39, 0.29) is 15.9 Å². The van der Waals surface area contributed by atoms with E-state index < -0.39 is 0 Å². The van der Waals surface area contributed by atoms with Crippen molar-refractivity contribution in [3.05, 3.63) is 23.3 Å². The number of unbranched alkanes of at least 4 members (excludes halogenated alkanes) is 1. The lowest BCUT2D eigenvalue weighted by molar-refractivity contribution is -0.110. The number of carbonyl (C=O) groups is 1. The van der Waals surface area contributed by atoms with E-state index in [2.05, 4.69) is 54.2 Å². The van der Waals surface area contributed by atoms with Crippen LogP contribution in [0.4, 0.5) is 0 Å². The molecular formula is C20H30O3S2. The fourth-order valence-electron chi connectivity index (χ4n) is 2.54. The van der Waals surface area contributed by atoms with Crippen molar-refractivity contribution in [1.29, 1.82) is 0 Å². The van der Waals surface area contributed by atoms with Gasteiger partial charge < -0.3 is 9.84 Å². The zero-order chi connectivity index (χ0) is 19.4. The first-order valence-electron chi connectivity index (χ1n) is 8.63. The van der Waals surface area contributed by atoms with Crippen LogP contribution in [-0.4, -0.2) is 15.3 Å². The first kappa shape index (κ1) is 22.0. The monoisotopic (exact) mass is 382 g/mol. The van der Waals surface area contributed by atoms with Crippen LogP contribution >= 0.6 is 24.8 Å². The Balaban J connectivity index is 3.00. The van der Waals surface area contributed by atoms with Crippen molar-refractivity contribution in [2.75, 3.05) is 0 Å². The van der Waals surface area contributed by atoms with Crippen LogP contribution < -0.4 is 4.74 Å². The van der Waals surface area contributed by atoms with Crippen LogP contribution in [0.25, 0.3) is 0 Å². The molecule has 0 aliphatic carbocycles. The second kappa shape index (κ2) is 8.54. The fourth-order valence-corrected chi connectivity index (χ4v) is 2.94. The summed E-state index contributed by atoms with van der Waals surface area (Å²) >= 11 is 9.09. The van der Waals surface area contributed by atoms with Gasteiger partial charge in [0.05, 0.1) is 0 Å². The van der Waals surface area contributed by atoms with Gasteiger partial charge in [-0.05, 0) is 48.0 Å². The van der Waals surface area contributed by atoms with E-state index in [0.717, 1.165) is 24.0 Å². The van der Waals surface area contributed by atoms with E-state index in [0.29, 0.717) is 29.4 Å². The minimum atomic E-state index is -0.210. The molecule has 0 aliphatic heterocycles. The lowest BCUT2D eigenvalue weighted by Gasteiger charge is -2.28. The highest BCUT2D eigenvalue weighted by molar-refractivity contribution is 7.96. The summed E-state index contributed by atoms with van der Waals surface area (Å²) in [4.78, 5) is 10.9. The topological polar surface area (TPSA) is 46.5 Å². The van der Waals surface area contributed by atoms with Crippen molar-refractivity contribution in [2.24, 2.45) is 0 Å². The van der Waals surface area contributed by atoms with Crippen molar-refractivity contribution in [1.82, 2.24) is 0 Å². The number of phenols is 1. The highest BCUT2D eigenvalue weighted by atomic mass is 32.1. The Labute approximate surface area is 162 Å². The maximum atomic E-state index is 10.9. The highest BCUT2D eigenvalue weighted by Gasteiger charge is 2.27. The Hall–Kier alpha value is -1.07. The number of thiocarbonyl (C=S) groups is 1. The molecule has 3 nitrogen and oxygen atoms in total. The number of hydrogen-bond donors (Lipinski definition) is 2. The van der Waals surface area contributed by atoms with Gasteiger partial charge in [-0.2, -0.15) is 0 Å². The third-order valence-electron chi connectivity index (χ3n) is 3.95. The van der Waals surface area contributed by atoms with E-state index in [1.54, 1.807) is 0 Å². The zero-order valence-electron chi connectivity index (χ0n) is 16.1. The van der Waals surface area contributed by atoms with Gasteiger partial charge in [0.25, 0.3) is 0 Å². The van der Waals surface area contributed by atoms with Gasteiger partial charge in [0, 0.05) is 24.0 Å². The molecule has 0 fully saturated rings. The quantitative estimate of drug-likeness (QED) is 0.376. The minimum absolute atomic E-state index is 0.102. The third kappa shape index (κ3) is 6.98. The molecule has 0 heterocycles. The van der Waals surface area contributed by atoms with Gasteiger partial charge >= 0.3 is 0 Å². The van der Waals surface area contributed by atoms with Gasteiger partial charge in [-0.1, -0.05) is 41.5 Å². The minimum Gasteiger partial charge on any atom is -0.507 e. The normalized spacial score (nSPS) is 12.1. The molecule has 0 aromatic heterocycles. The summed E-state index contributed by atoms with van der Waals surface area (Å²) in [5.41, 5.74) is 1.27. The van der Waals surface area contributed by atoms with Gasteiger partial charge in [0.1, 0.15) is 11.5 Å². The fraction of sp³-hybridized carbons (Fsp3) is 0.600. The Bertz CT molecular complexity index is 602. The molecule has 1 aromatic rings. The molecule has 0 atom stereocenters. The number of hydrogen-bond acceptors (Lipinski definition) is 4. The number of aromatic hydroxyl groups is 1. The molecule has 1 rings (SSSR count). The molecule has 0 radical (unpaired) electrons. The van der Waals surface area contributed by atoms with Gasteiger partial charge in [-0.15, -0.1) is 12.6 Å². The van der Waals surface area contributed by atoms with Gasteiger partial charge in [-0.25, -0.2) is 0 Å². The van der Waals surface area contributed by atoms with E-state index in [1.807, 2.05) is 12.1 Å². The molecule has 25 heavy (non-hydrogen) atoms. The predicted molar refractivity (Wildman–Crippen MR) is 111 cm³/mol. The number of phenolic OH excluding ortho intramolecular Hbond substituents is 1. The largest absolute Gasteiger partial charge is 0.507 e. The summed E-state index contributed by atoms with van der Waals surface area (Å²) in [6.07, 6.45) is 2.61. The Kier molecular flexibility index (Phi) is 7.51. The van der Waals surface area contributed by atoms with Crippen LogP contribution in [0.5, 0.6) is 11.5 Å². The summed E-state index contributed by atoms with van der Waals surface area (Å²) in [7, 11) is 0. The van der Waals surface area contributed by atoms with Crippen molar-refractivity contribution in [3.63, 3.8) is 0 Å². The van der Waals surface area contributed by atoms with Crippen LogP contribution in [0.3, 0.4) is 0 Å². The lowest BCUT2D eigenvalue weighted by atomic mass is 9.79. The lowest BCUT2D eigenvalue weighted by Crippen LogP contribution is -2.18. The van der Waals surface area contributed by atoms with E-state index in [9.17, 15) is 9.90 Å². The molecule has 0 unspecified atom stereocenters. The maximum absolute atomic E-state index is 10.9. The molecule has 0 aliphatic rings. The third-order valence-corrected chi connectivity index (χ3v) is 4.46. The predicted octanol–water partition coefficient (Wildman–Crippen LogP) is 5.71. The molecule has 5 heteroatoms. The maximum Gasteiger partial charge on any atom is 0.185 e. The zero-order valence-corrected chi connectivity index (χ0v) is 17.8. The van der Waals surface area contributed by atoms with E-state index in [1.165, 1.54) is 0 Å². The molecule has 1 aromatic carbocycles. The second-order valence-corrected chi connectivity index (χ2v) is 9.40. The van der Waals surface area contributed by atoms with E-state index >= 15 is 0 Å². The number of benzene rings is 1. The number of carbonyl (C=O) groups excluding carboxylic acids is 1.